The number of rotatable bonds is 4. The second-order valence-corrected chi connectivity index (χ2v) is 4.61. The maximum atomic E-state index is 12.1. The van der Waals surface area contributed by atoms with Crippen LogP contribution in [0.2, 0.25) is 0 Å². The second-order valence-electron chi connectivity index (χ2n) is 3.66. The highest BCUT2D eigenvalue weighted by Gasteiger charge is 2.30. The van der Waals surface area contributed by atoms with E-state index in [1.54, 1.807) is 30.5 Å². The molecule has 2 heterocycles. The van der Waals surface area contributed by atoms with Gasteiger partial charge in [0.05, 0.1) is 22.8 Å². The number of nitrogens with zero attached hydrogens (tertiary/aromatic N) is 1. The molecule has 0 radical (unpaired) electrons. The third-order valence-electron chi connectivity index (χ3n) is 2.54. The van der Waals surface area contributed by atoms with Gasteiger partial charge in [-0.15, -0.1) is 11.3 Å². The summed E-state index contributed by atoms with van der Waals surface area (Å²) in [5.74, 6) is -1.86. The Labute approximate surface area is 107 Å². The minimum absolute atomic E-state index is 0.284. The van der Waals surface area contributed by atoms with Gasteiger partial charge in [0.1, 0.15) is 5.76 Å². The number of carbonyl (C=O) groups is 2. The first-order chi connectivity index (χ1) is 8.65. The predicted molar refractivity (Wildman–Crippen MR) is 65.5 cm³/mol. The Kier molecular flexibility index (Phi) is 3.40. The molecule has 0 aliphatic carbocycles. The third-order valence-corrected chi connectivity index (χ3v) is 3.43. The van der Waals surface area contributed by atoms with Gasteiger partial charge in [-0.1, -0.05) is 6.07 Å². The lowest BCUT2D eigenvalue weighted by Gasteiger charge is -2.04. The Hall–Kier alpha value is -2.19. The van der Waals surface area contributed by atoms with Crippen molar-refractivity contribution in [3.05, 3.63) is 46.0 Å². The van der Waals surface area contributed by atoms with Gasteiger partial charge in [0.25, 0.3) is 0 Å². The fourth-order valence-corrected chi connectivity index (χ4v) is 2.29. The van der Waals surface area contributed by atoms with E-state index in [1.807, 2.05) is 0 Å². The summed E-state index contributed by atoms with van der Waals surface area (Å²) < 4.78 is 5.01. The van der Waals surface area contributed by atoms with Crippen molar-refractivity contribution >= 4 is 22.9 Å². The zero-order chi connectivity index (χ0) is 13.1. The smallest absolute Gasteiger partial charge is 0.197 e. The van der Waals surface area contributed by atoms with Crippen LogP contribution in [-0.4, -0.2) is 11.6 Å². The minimum Gasteiger partial charge on any atom is -0.469 e. The van der Waals surface area contributed by atoms with Gasteiger partial charge < -0.3 is 4.42 Å². The predicted octanol–water partition coefficient (Wildman–Crippen LogP) is 2.85. The molecule has 0 saturated heterocycles. The summed E-state index contributed by atoms with van der Waals surface area (Å²) in [6.07, 6.45) is 1.37. The quantitative estimate of drug-likeness (QED) is 0.625. The van der Waals surface area contributed by atoms with E-state index in [-0.39, 0.29) is 5.56 Å². The van der Waals surface area contributed by atoms with E-state index in [1.165, 1.54) is 23.7 Å². The van der Waals surface area contributed by atoms with Crippen molar-refractivity contribution < 1.29 is 14.0 Å². The Morgan fingerprint density at radius 3 is 2.67 bits per heavy atom. The normalized spacial score (nSPS) is 11.8. The van der Waals surface area contributed by atoms with Crippen molar-refractivity contribution in [2.75, 3.05) is 0 Å². The molecule has 4 nitrogen and oxygen atoms in total. The summed E-state index contributed by atoms with van der Waals surface area (Å²) >= 11 is 1.22. The van der Waals surface area contributed by atoms with Gasteiger partial charge >= 0.3 is 0 Å². The Bertz CT molecular complexity index is 619. The van der Waals surface area contributed by atoms with Crippen LogP contribution in [0, 0.1) is 24.2 Å². The molecule has 1 atom stereocenters. The molecule has 1 unspecified atom stereocenters. The molecule has 0 saturated carbocycles. The highest BCUT2D eigenvalue weighted by molar-refractivity contribution is 7.12. The highest BCUT2D eigenvalue weighted by Crippen LogP contribution is 2.20. The van der Waals surface area contributed by atoms with Crippen LogP contribution in [0.25, 0.3) is 0 Å². The topological polar surface area (TPSA) is 71.1 Å². The third kappa shape index (κ3) is 2.11. The number of furan rings is 1. The molecule has 0 fully saturated rings. The number of nitriles is 1. The molecule has 90 valence electrons. The van der Waals surface area contributed by atoms with Crippen molar-refractivity contribution in [2.24, 2.45) is 5.92 Å². The van der Waals surface area contributed by atoms with Gasteiger partial charge in [0.2, 0.25) is 0 Å². The number of ketones is 2. The van der Waals surface area contributed by atoms with Gasteiger partial charge in [-0.05, 0) is 24.4 Å². The summed E-state index contributed by atoms with van der Waals surface area (Å²) in [5.41, 5.74) is 0.284. The summed E-state index contributed by atoms with van der Waals surface area (Å²) in [6, 6.07) is 6.56. The van der Waals surface area contributed by atoms with E-state index in [0.29, 0.717) is 10.6 Å². The molecule has 0 N–H and O–H groups in total. The first-order valence-electron chi connectivity index (χ1n) is 5.20. The van der Waals surface area contributed by atoms with E-state index < -0.39 is 17.5 Å². The maximum Gasteiger partial charge on any atom is 0.197 e. The molecule has 0 amide bonds. The number of Topliss-reactive ketones (excluding diaryl/α,β-unsaturated/α-hetero) is 2. The molecular formula is C13H9NO3S. The van der Waals surface area contributed by atoms with Crippen molar-refractivity contribution in [3.63, 3.8) is 0 Å². The van der Waals surface area contributed by atoms with Crippen LogP contribution in [-0.2, 0) is 0 Å². The zero-order valence-electron chi connectivity index (χ0n) is 9.54. The Morgan fingerprint density at radius 1 is 1.39 bits per heavy atom. The molecule has 5 heteroatoms. The number of carbonyl (C=O) groups excluding carboxylic acids is 2. The summed E-state index contributed by atoms with van der Waals surface area (Å²) in [6.45, 7) is 1.62. The average molecular weight is 259 g/mol. The lowest BCUT2D eigenvalue weighted by molar-refractivity contribution is 0.0847. The van der Waals surface area contributed by atoms with Gasteiger partial charge in [0.15, 0.2) is 17.5 Å². The molecule has 0 bridgehead atoms. The molecule has 0 aromatic carbocycles. The average Bonchev–Trinajstić information content (AvgIpc) is 2.99. The largest absolute Gasteiger partial charge is 0.469 e. The van der Waals surface area contributed by atoms with Crippen molar-refractivity contribution in [2.45, 2.75) is 6.92 Å². The molecule has 2 aromatic heterocycles. The summed E-state index contributed by atoms with van der Waals surface area (Å²) in [5, 5.41) is 10.8. The Balaban J connectivity index is 2.31. The second kappa shape index (κ2) is 4.98. The van der Waals surface area contributed by atoms with Crippen molar-refractivity contribution in [1.29, 1.82) is 5.26 Å². The summed E-state index contributed by atoms with van der Waals surface area (Å²) in [4.78, 5) is 24.5. The van der Waals surface area contributed by atoms with Crippen molar-refractivity contribution in [3.8, 4) is 6.07 Å². The lowest BCUT2D eigenvalue weighted by Crippen LogP contribution is -2.22. The standard InChI is InChI=1S/C13H9NO3S/c1-8-9(4-5-17-8)12(15)10(7-14)13(16)11-3-2-6-18-11/h2-6,10H,1H3. The van der Waals surface area contributed by atoms with Crippen LogP contribution >= 0.6 is 11.3 Å². The van der Waals surface area contributed by atoms with E-state index in [0.717, 1.165) is 0 Å². The van der Waals surface area contributed by atoms with E-state index >= 15 is 0 Å². The number of aryl methyl sites for hydroxylation is 1. The molecule has 0 aliphatic rings. The maximum absolute atomic E-state index is 12.1. The van der Waals surface area contributed by atoms with Gasteiger partial charge in [-0.3, -0.25) is 9.59 Å². The number of hydrogen-bond donors (Lipinski definition) is 0. The first-order valence-corrected chi connectivity index (χ1v) is 6.08. The molecule has 2 aromatic rings. The number of thiophene rings is 1. The van der Waals surface area contributed by atoms with Gasteiger partial charge in [0, 0.05) is 0 Å². The van der Waals surface area contributed by atoms with E-state index in [2.05, 4.69) is 0 Å². The monoisotopic (exact) mass is 259 g/mol. The van der Waals surface area contributed by atoms with Crippen LogP contribution in [0.5, 0.6) is 0 Å². The molecule has 0 spiro atoms. The minimum atomic E-state index is -1.31. The van der Waals surface area contributed by atoms with E-state index in [4.69, 9.17) is 9.68 Å². The fourth-order valence-electron chi connectivity index (χ4n) is 1.59. The first kappa shape index (κ1) is 12.3. The Morgan fingerprint density at radius 2 is 2.17 bits per heavy atom. The van der Waals surface area contributed by atoms with Gasteiger partial charge in [-0.2, -0.15) is 5.26 Å². The van der Waals surface area contributed by atoms with Crippen LogP contribution in [0.3, 0.4) is 0 Å². The SMILES string of the molecule is Cc1occc1C(=O)C(C#N)C(=O)c1cccs1. The fraction of sp³-hybridized carbons (Fsp3) is 0.154. The lowest BCUT2D eigenvalue weighted by atomic mass is 9.94. The van der Waals surface area contributed by atoms with Crippen LogP contribution in [0.4, 0.5) is 0 Å². The van der Waals surface area contributed by atoms with Crippen LogP contribution in [0.15, 0.2) is 34.3 Å². The summed E-state index contributed by atoms with van der Waals surface area (Å²) in [7, 11) is 0. The molecular weight excluding hydrogens is 250 g/mol. The number of hydrogen-bond acceptors (Lipinski definition) is 5. The van der Waals surface area contributed by atoms with E-state index in [9.17, 15) is 9.59 Å². The van der Waals surface area contributed by atoms with Gasteiger partial charge in [-0.25, -0.2) is 0 Å². The van der Waals surface area contributed by atoms with Crippen LogP contribution in [0.1, 0.15) is 25.8 Å². The van der Waals surface area contributed by atoms with Crippen LogP contribution < -0.4 is 0 Å². The zero-order valence-corrected chi connectivity index (χ0v) is 10.4. The molecule has 2 rings (SSSR count). The molecule has 18 heavy (non-hydrogen) atoms. The molecule has 0 aliphatic heterocycles. The van der Waals surface area contributed by atoms with Crippen molar-refractivity contribution in [1.82, 2.24) is 0 Å². The highest BCUT2D eigenvalue weighted by atomic mass is 32.1.